The van der Waals surface area contributed by atoms with Crippen molar-refractivity contribution in [2.24, 2.45) is 5.41 Å². The summed E-state index contributed by atoms with van der Waals surface area (Å²) >= 11 is 0. The Bertz CT molecular complexity index is 309. The summed E-state index contributed by atoms with van der Waals surface area (Å²) in [6, 6.07) is 3.68. The highest BCUT2D eigenvalue weighted by molar-refractivity contribution is 5.40. The van der Waals surface area contributed by atoms with Crippen molar-refractivity contribution in [1.82, 2.24) is 0 Å². The van der Waals surface area contributed by atoms with Crippen molar-refractivity contribution in [3.63, 3.8) is 0 Å². The summed E-state index contributed by atoms with van der Waals surface area (Å²) in [4.78, 5) is 0. The highest BCUT2D eigenvalue weighted by Crippen LogP contribution is 2.27. The zero-order valence-electron chi connectivity index (χ0n) is 9.81. The molecule has 0 fully saturated rings. The molecule has 1 aromatic carbocycles. The zero-order chi connectivity index (χ0) is 10.9. The number of phenolic OH excluding ortho intramolecular Hbond substituents is 1. The molecule has 0 saturated heterocycles. The van der Waals surface area contributed by atoms with E-state index in [-0.39, 0.29) is 0 Å². The van der Waals surface area contributed by atoms with Crippen LogP contribution in [0.4, 0.5) is 0 Å². The first kappa shape index (κ1) is 11.1. The van der Waals surface area contributed by atoms with Gasteiger partial charge >= 0.3 is 0 Å². The number of aromatic hydroxyl groups is 1. The third kappa shape index (κ3) is 2.76. The topological polar surface area (TPSA) is 20.2 Å². The Hall–Kier alpha value is -0.980. The lowest BCUT2D eigenvalue weighted by molar-refractivity contribution is 0.408. The van der Waals surface area contributed by atoms with Gasteiger partial charge in [0.15, 0.2) is 0 Å². The van der Waals surface area contributed by atoms with E-state index in [4.69, 9.17) is 0 Å². The molecule has 0 aliphatic heterocycles. The van der Waals surface area contributed by atoms with Crippen molar-refractivity contribution in [2.45, 2.75) is 41.0 Å². The predicted octanol–water partition coefficient (Wildman–Crippen LogP) is 3.60. The molecular weight excluding hydrogens is 172 g/mol. The van der Waals surface area contributed by atoms with Crippen molar-refractivity contribution < 1.29 is 5.11 Å². The summed E-state index contributed by atoms with van der Waals surface area (Å²) in [5.74, 6) is 0.373. The molecule has 1 N–H and O–H groups in total. The molecule has 0 heterocycles. The number of hydrogen-bond donors (Lipinski definition) is 1. The first-order chi connectivity index (χ1) is 6.29. The first-order valence-corrected chi connectivity index (χ1v) is 5.09. The van der Waals surface area contributed by atoms with Crippen molar-refractivity contribution in [3.05, 3.63) is 28.8 Å². The van der Waals surface area contributed by atoms with Gasteiger partial charge in [0.25, 0.3) is 0 Å². The monoisotopic (exact) mass is 192 g/mol. The molecule has 0 amide bonds. The van der Waals surface area contributed by atoms with E-state index in [1.165, 1.54) is 16.7 Å². The van der Waals surface area contributed by atoms with Crippen LogP contribution in [0.25, 0.3) is 0 Å². The van der Waals surface area contributed by atoms with Gasteiger partial charge < -0.3 is 5.11 Å². The molecule has 0 saturated carbocycles. The van der Waals surface area contributed by atoms with E-state index in [0.717, 1.165) is 6.42 Å². The first-order valence-electron chi connectivity index (χ1n) is 5.09. The summed E-state index contributed by atoms with van der Waals surface area (Å²) in [6.07, 6.45) is 1.06. The molecule has 0 aliphatic rings. The largest absolute Gasteiger partial charge is 0.508 e. The SMILES string of the molecule is Cc1cc(O)cc(C)c1CC(C)(C)C. The average Bonchev–Trinajstić information content (AvgIpc) is 1.95. The zero-order valence-corrected chi connectivity index (χ0v) is 9.81. The molecule has 1 nitrogen and oxygen atoms in total. The van der Waals surface area contributed by atoms with Crippen LogP contribution in [0.3, 0.4) is 0 Å². The van der Waals surface area contributed by atoms with Crippen LogP contribution in [0.5, 0.6) is 5.75 Å². The second-order valence-corrected chi connectivity index (χ2v) is 5.30. The van der Waals surface area contributed by atoms with E-state index in [1.54, 1.807) is 0 Å². The highest BCUT2D eigenvalue weighted by Gasteiger charge is 2.14. The third-order valence-electron chi connectivity index (χ3n) is 2.39. The van der Waals surface area contributed by atoms with E-state index in [1.807, 2.05) is 12.1 Å². The summed E-state index contributed by atoms with van der Waals surface area (Å²) in [5, 5.41) is 9.42. The third-order valence-corrected chi connectivity index (χ3v) is 2.39. The molecule has 0 spiro atoms. The fourth-order valence-corrected chi connectivity index (χ4v) is 1.78. The standard InChI is InChI=1S/C13H20O/c1-9-6-11(14)7-10(2)12(9)8-13(3,4)5/h6-7,14H,8H2,1-5H3. The van der Waals surface area contributed by atoms with E-state index in [0.29, 0.717) is 11.2 Å². The summed E-state index contributed by atoms with van der Waals surface area (Å²) in [6.45, 7) is 10.8. The molecule has 1 heteroatoms. The average molecular weight is 192 g/mol. The van der Waals surface area contributed by atoms with Crippen molar-refractivity contribution in [2.75, 3.05) is 0 Å². The quantitative estimate of drug-likeness (QED) is 0.720. The van der Waals surface area contributed by atoms with Gasteiger partial charge in [0, 0.05) is 0 Å². The molecule has 0 aromatic heterocycles. The van der Waals surface area contributed by atoms with E-state index >= 15 is 0 Å². The van der Waals surface area contributed by atoms with Crippen LogP contribution >= 0.6 is 0 Å². The second-order valence-electron chi connectivity index (χ2n) is 5.30. The molecule has 0 unspecified atom stereocenters. The summed E-state index contributed by atoms with van der Waals surface area (Å²) in [7, 11) is 0. The maximum Gasteiger partial charge on any atom is 0.116 e. The van der Waals surface area contributed by atoms with Crippen LogP contribution in [-0.2, 0) is 6.42 Å². The molecule has 1 aromatic rings. The molecule has 0 radical (unpaired) electrons. The fraction of sp³-hybridized carbons (Fsp3) is 0.538. The van der Waals surface area contributed by atoms with Gasteiger partial charge in [-0.2, -0.15) is 0 Å². The van der Waals surface area contributed by atoms with Gasteiger partial charge in [-0.3, -0.25) is 0 Å². The number of hydrogen-bond acceptors (Lipinski definition) is 1. The molecule has 0 bridgehead atoms. The smallest absolute Gasteiger partial charge is 0.116 e. The molecule has 0 atom stereocenters. The van der Waals surface area contributed by atoms with Gasteiger partial charge in [-0.25, -0.2) is 0 Å². The van der Waals surface area contributed by atoms with Crippen LogP contribution in [0.15, 0.2) is 12.1 Å². The Balaban J connectivity index is 3.09. The van der Waals surface area contributed by atoms with Gasteiger partial charge in [-0.05, 0) is 54.5 Å². The Morgan fingerprint density at radius 2 is 1.50 bits per heavy atom. The van der Waals surface area contributed by atoms with Gasteiger partial charge in [0.2, 0.25) is 0 Å². The molecule has 78 valence electrons. The number of phenols is 1. The van der Waals surface area contributed by atoms with Gasteiger partial charge in [0.1, 0.15) is 5.75 Å². The maximum absolute atomic E-state index is 9.42. The lowest BCUT2D eigenvalue weighted by Gasteiger charge is -2.21. The molecule has 0 aliphatic carbocycles. The van der Waals surface area contributed by atoms with E-state index in [9.17, 15) is 5.11 Å². The minimum atomic E-state index is 0.298. The van der Waals surface area contributed by atoms with Crippen LogP contribution in [-0.4, -0.2) is 5.11 Å². The molecule has 14 heavy (non-hydrogen) atoms. The van der Waals surface area contributed by atoms with Gasteiger partial charge in [-0.1, -0.05) is 20.8 Å². The van der Waals surface area contributed by atoms with Crippen LogP contribution in [0.1, 0.15) is 37.5 Å². The van der Waals surface area contributed by atoms with Crippen LogP contribution in [0, 0.1) is 19.3 Å². The van der Waals surface area contributed by atoms with Crippen molar-refractivity contribution >= 4 is 0 Å². The number of rotatable bonds is 1. The van der Waals surface area contributed by atoms with E-state index < -0.39 is 0 Å². The minimum Gasteiger partial charge on any atom is -0.508 e. The van der Waals surface area contributed by atoms with Gasteiger partial charge in [-0.15, -0.1) is 0 Å². The summed E-state index contributed by atoms with van der Waals surface area (Å²) in [5.41, 5.74) is 4.05. The van der Waals surface area contributed by atoms with Gasteiger partial charge in [0.05, 0.1) is 0 Å². The Kier molecular flexibility index (Phi) is 2.89. The molecular formula is C13H20O. The Labute approximate surface area is 86.8 Å². The normalized spacial score (nSPS) is 11.8. The Morgan fingerprint density at radius 1 is 1.07 bits per heavy atom. The van der Waals surface area contributed by atoms with Crippen LogP contribution in [0.2, 0.25) is 0 Å². The lowest BCUT2D eigenvalue weighted by atomic mass is 9.84. The van der Waals surface area contributed by atoms with Crippen molar-refractivity contribution in [3.8, 4) is 5.75 Å². The lowest BCUT2D eigenvalue weighted by Crippen LogP contribution is -2.11. The van der Waals surface area contributed by atoms with Crippen molar-refractivity contribution in [1.29, 1.82) is 0 Å². The highest BCUT2D eigenvalue weighted by atomic mass is 16.3. The predicted molar refractivity (Wildman–Crippen MR) is 60.7 cm³/mol. The second kappa shape index (κ2) is 3.64. The minimum absolute atomic E-state index is 0.298. The number of aryl methyl sites for hydroxylation is 2. The number of benzene rings is 1. The van der Waals surface area contributed by atoms with E-state index in [2.05, 4.69) is 34.6 Å². The van der Waals surface area contributed by atoms with Crippen LogP contribution < -0.4 is 0 Å². The maximum atomic E-state index is 9.42. The Morgan fingerprint density at radius 3 is 1.86 bits per heavy atom. The fourth-order valence-electron chi connectivity index (χ4n) is 1.78. The summed E-state index contributed by atoms with van der Waals surface area (Å²) < 4.78 is 0. The molecule has 1 rings (SSSR count).